The minimum absolute atomic E-state index is 0.696. The largest absolute Gasteiger partial charge is 0.456 e. The number of para-hydroxylation sites is 1. The molecule has 0 unspecified atom stereocenters. The Morgan fingerprint density at radius 3 is 1.23 bits per heavy atom. The number of nitrogens with zero attached hydrogens (tertiary/aromatic N) is 10. The van der Waals surface area contributed by atoms with Crippen LogP contribution in [0.5, 0.6) is 0 Å². The monoisotopic (exact) mass is 1380 g/mol. The van der Waals surface area contributed by atoms with Gasteiger partial charge in [-0.25, -0.2) is 28.2 Å². The number of aromatic nitrogens is 10. The summed E-state index contributed by atoms with van der Waals surface area (Å²) >= 11 is 0. The summed E-state index contributed by atoms with van der Waals surface area (Å²) in [5.41, 5.74) is 28.1. The third kappa shape index (κ3) is 12.7. The first-order valence-electron chi connectivity index (χ1n) is 34.8. The molecule has 510 valence electrons. The fourth-order valence-electron chi connectivity index (χ4n) is 14.1. The highest BCUT2D eigenvalue weighted by molar-refractivity contribution is 6.09. The predicted molar refractivity (Wildman–Crippen MR) is 414 cm³/mol. The van der Waals surface area contributed by atoms with Gasteiger partial charge in [-0.1, -0.05) is 12.1 Å². The Kier molecular flexibility index (Phi) is 17.6. The van der Waals surface area contributed by atoms with Gasteiger partial charge in [-0.3, -0.25) is 15.0 Å². The number of rotatable bonds is 5. The molecule has 0 atom stereocenters. The van der Waals surface area contributed by atoms with E-state index in [1.54, 1.807) is 31.0 Å². The van der Waals surface area contributed by atoms with Crippen LogP contribution in [0.15, 0.2) is 297 Å². The van der Waals surface area contributed by atoms with Gasteiger partial charge in [0.1, 0.15) is 85.5 Å². The standard InChI is InChI=1S/5C18H15N2O/c1-12-10-17-15(13-6-5-8-19-18(13)21-17)11-14(12)16-7-3-4-9-20(16)2;1-12-11-16-18(13-7-3-4-9-15(13)21-16)19-17(12)14-8-5-6-10-20(14)2;1-12-10-17-14(18-16(21-17)7-5-8-19-18)11-13(12)15-6-3-4-9-20(15)2;1-12-9-18-14(15-11-19-7-6-17(15)21-18)10-13(12)16-5-3-4-8-20(16)2;1-12-9-17-15(13-6-7-19-11-18(13)21-17)10-14(12)16-5-3-4-8-20(16)2/h5*3-11H,1-2H3/q5*+1. The second kappa shape index (κ2) is 27.9. The average Bonchev–Trinajstić information content (AvgIpc) is 1.67. The van der Waals surface area contributed by atoms with Crippen LogP contribution in [0.1, 0.15) is 27.8 Å². The van der Waals surface area contributed by atoms with Crippen molar-refractivity contribution < 1.29 is 44.9 Å². The molecule has 5 aromatic carbocycles. The first-order chi connectivity index (χ1) is 51.2. The molecule has 0 saturated carbocycles. The Balaban J connectivity index is 0.000000101. The highest BCUT2D eigenvalue weighted by atomic mass is 16.3. The van der Waals surface area contributed by atoms with E-state index in [9.17, 15) is 0 Å². The molecule has 0 spiro atoms. The number of fused-ring (bicyclic) bond motifs is 15. The maximum absolute atomic E-state index is 5.91. The molecule has 0 radical (unpaired) electrons. The first kappa shape index (κ1) is 66.2. The Bertz CT molecular complexity index is 5780. The second-order valence-corrected chi connectivity index (χ2v) is 26.6. The lowest BCUT2D eigenvalue weighted by molar-refractivity contribution is -0.660. The molecule has 15 heterocycles. The predicted octanol–water partition coefficient (Wildman–Crippen LogP) is 18.9. The molecule has 0 saturated heterocycles. The summed E-state index contributed by atoms with van der Waals surface area (Å²) in [6, 6.07) is 70.2. The molecule has 20 aromatic rings. The van der Waals surface area contributed by atoms with E-state index < -0.39 is 0 Å². The summed E-state index contributed by atoms with van der Waals surface area (Å²) < 4.78 is 40.0. The fourth-order valence-corrected chi connectivity index (χ4v) is 14.1. The molecule has 15 nitrogen and oxygen atoms in total. The number of hydrogen-bond donors (Lipinski definition) is 0. The van der Waals surface area contributed by atoms with Gasteiger partial charge in [0.2, 0.25) is 34.2 Å². The van der Waals surface area contributed by atoms with Crippen molar-refractivity contribution in [3.05, 3.63) is 302 Å². The lowest BCUT2D eigenvalue weighted by Crippen LogP contribution is -2.30. The summed E-state index contributed by atoms with van der Waals surface area (Å²) in [5.74, 6) is 0. The Morgan fingerprint density at radius 1 is 0.257 bits per heavy atom. The third-order valence-electron chi connectivity index (χ3n) is 19.6. The van der Waals surface area contributed by atoms with Crippen molar-refractivity contribution in [2.24, 2.45) is 35.2 Å². The summed E-state index contributed by atoms with van der Waals surface area (Å²) in [4.78, 5) is 22.0. The van der Waals surface area contributed by atoms with Crippen LogP contribution in [0.3, 0.4) is 0 Å². The van der Waals surface area contributed by atoms with Gasteiger partial charge in [-0.15, -0.1) is 0 Å². The molecular formula is C90H75N10O5+5. The third-order valence-corrected chi connectivity index (χ3v) is 19.6. The van der Waals surface area contributed by atoms with Gasteiger partial charge >= 0.3 is 0 Å². The number of benzene rings is 5. The second-order valence-electron chi connectivity index (χ2n) is 26.6. The van der Waals surface area contributed by atoms with E-state index in [1.807, 2.05) is 104 Å². The van der Waals surface area contributed by atoms with Gasteiger partial charge in [0.15, 0.2) is 47.7 Å². The molecule has 15 heteroatoms. The van der Waals surface area contributed by atoms with Gasteiger partial charge < -0.3 is 22.1 Å². The summed E-state index contributed by atoms with van der Waals surface area (Å²) in [5, 5.41) is 8.73. The van der Waals surface area contributed by atoms with Crippen LogP contribution in [0.25, 0.3) is 167 Å². The van der Waals surface area contributed by atoms with Crippen molar-refractivity contribution >= 4 is 110 Å². The zero-order chi connectivity index (χ0) is 72.0. The van der Waals surface area contributed by atoms with E-state index in [0.717, 1.165) is 121 Å². The van der Waals surface area contributed by atoms with Gasteiger partial charge in [0.05, 0.1) is 6.20 Å². The molecule has 105 heavy (non-hydrogen) atoms. The van der Waals surface area contributed by atoms with E-state index in [-0.39, 0.29) is 0 Å². The molecule has 0 N–H and O–H groups in total. The first-order valence-corrected chi connectivity index (χ1v) is 34.8. The van der Waals surface area contributed by atoms with Crippen LogP contribution in [-0.2, 0) is 35.2 Å². The molecule has 0 bridgehead atoms. The fraction of sp³-hybridized carbons (Fsp3) is 0.111. The lowest BCUT2D eigenvalue weighted by atomic mass is 10.0. The molecule has 0 fully saturated rings. The summed E-state index contributed by atoms with van der Waals surface area (Å²) in [7, 11) is 10.3. The van der Waals surface area contributed by atoms with E-state index in [4.69, 9.17) is 27.1 Å². The quantitative estimate of drug-likeness (QED) is 0.152. The highest BCUT2D eigenvalue weighted by Gasteiger charge is 2.23. The SMILES string of the molecule is Cc1cc2oc3ccccc3c2nc1-c1cccc[n+]1C.Cc1cc2oc3cccnc3c2cc1-c1cccc[n+]1C.Cc1cc2oc3ccncc3c2cc1-c1cccc[n+]1C.Cc1cc2oc3cnccc3c2cc1-c1cccc[n+]1C.Cc1cc2oc3ncccc3c2cc1-c1cccc[n+]1C. The maximum atomic E-state index is 5.91. The van der Waals surface area contributed by atoms with Crippen molar-refractivity contribution in [2.45, 2.75) is 34.6 Å². The summed E-state index contributed by atoms with van der Waals surface area (Å²) in [6.07, 6.45) is 21.1. The molecule has 0 aliphatic carbocycles. The van der Waals surface area contributed by atoms with Crippen molar-refractivity contribution in [1.82, 2.24) is 24.9 Å². The minimum atomic E-state index is 0.696. The molecule has 0 amide bonds. The van der Waals surface area contributed by atoms with Crippen LogP contribution in [0, 0.1) is 34.6 Å². The Morgan fingerprint density at radius 2 is 0.657 bits per heavy atom. The van der Waals surface area contributed by atoms with Crippen molar-refractivity contribution in [3.8, 4) is 56.4 Å². The van der Waals surface area contributed by atoms with Gasteiger partial charge in [-0.2, -0.15) is 4.57 Å². The average molecular weight is 1380 g/mol. The Labute approximate surface area is 605 Å². The van der Waals surface area contributed by atoms with Crippen molar-refractivity contribution in [1.29, 1.82) is 0 Å². The van der Waals surface area contributed by atoms with Crippen LogP contribution >= 0.6 is 0 Å². The van der Waals surface area contributed by atoms with Gasteiger partial charge in [0.25, 0.3) is 0 Å². The normalized spacial score (nSPS) is 11.3. The van der Waals surface area contributed by atoms with E-state index in [0.29, 0.717) is 5.71 Å². The zero-order valence-corrected chi connectivity index (χ0v) is 60.0. The van der Waals surface area contributed by atoms with Crippen molar-refractivity contribution in [3.63, 3.8) is 0 Å². The summed E-state index contributed by atoms with van der Waals surface area (Å²) in [6.45, 7) is 10.5. The number of pyridine rings is 10. The molecular weight excluding hydrogens is 1300 g/mol. The van der Waals surface area contributed by atoms with Crippen molar-refractivity contribution in [2.75, 3.05) is 0 Å². The molecule has 15 aromatic heterocycles. The minimum Gasteiger partial charge on any atom is -0.456 e. The van der Waals surface area contributed by atoms with Crippen LogP contribution in [0.2, 0.25) is 0 Å². The number of furan rings is 5. The van der Waals surface area contributed by atoms with Crippen LogP contribution < -0.4 is 22.8 Å². The van der Waals surface area contributed by atoms with Crippen LogP contribution in [-0.4, -0.2) is 24.9 Å². The number of aryl methyl sites for hydroxylation is 10. The zero-order valence-electron chi connectivity index (χ0n) is 60.0. The van der Waals surface area contributed by atoms with E-state index >= 15 is 0 Å². The molecule has 0 aliphatic heterocycles. The van der Waals surface area contributed by atoms with Gasteiger partial charge in [0, 0.05) is 157 Å². The molecule has 20 rings (SSSR count). The lowest BCUT2D eigenvalue weighted by Gasteiger charge is -2.04. The smallest absolute Gasteiger partial charge is 0.231 e. The van der Waals surface area contributed by atoms with Crippen LogP contribution in [0.4, 0.5) is 0 Å². The Hall–Kier alpha value is -13.4. The van der Waals surface area contributed by atoms with E-state index in [2.05, 4.69) is 252 Å². The highest BCUT2D eigenvalue weighted by Crippen LogP contribution is 2.38. The van der Waals surface area contributed by atoms with Gasteiger partial charge in [-0.05, 0) is 196 Å². The molecule has 0 aliphatic rings. The topological polar surface area (TPSA) is 150 Å². The van der Waals surface area contributed by atoms with E-state index in [1.165, 1.54) is 67.3 Å². The number of hydrogen-bond acceptors (Lipinski definition) is 10. The maximum Gasteiger partial charge on any atom is 0.231 e.